The quantitative estimate of drug-likeness (QED) is 0.833. The molecule has 0 aromatic rings. The molecule has 3 nitrogen and oxygen atoms in total. The van der Waals surface area contributed by atoms with Crippen molar-refractivity contribution in [2.24, 2.45) is 11.3 Å². The van der Waals surface area contributed by atoms with E-state index in [0.717, 1.165) is 32.5 Å². The van der Waals surface area contributed by atoms with Crippen LogP contribution >= 0.6 is 0 Å². The van der Waals surface area contributed by atoms with Crippen LogP contribution in [0.1, 0.15) is 52.9 Å². The van der Waals surface area contributed by atoms with E-state index in [1.807, 2.05) is 0 Å². The second-order valence-corrected chi connectivity index (χ2v) is 6.63. The maximum atomic E-state index is 12.8. The minimum atomic E-state index is 0.193. The lowest BCUT2D eigenvalue weighted by Crippen LogP contribution is -2.61. The molecular weight excluding hydrogens is 224 g/mol. The third-order valence-corrected chi connectivity index (χ3v) is 4.75. The largest absolute Gasteiger partial charge is 0.337 e. The molecule has 0 aromatic heterocycles. The first-order valence-corrected chi connectivity index (χ1v) is 7.57. The Bertz CT molecular complexity index is 297. The van der Waals surface area contributed by atoms with Gasteiger partial charge >= 0.3 is 0 Å². The maximum Gasteiger partial charge on any atom is 0.226 e. The Hall–Kier alpha value is -0.570. The Balaban J connectivity index is 2.06. The van der Waals surface area contributed by atoms with Gasteiger partial charge in [-0.3, -0.25) is 4.79 Å². The number of hydrogen-bond acceptors (Lipinski definition) is 2. The topological polar surface area (TPSA) is 32.3 Å². The fraction of sp³-hybridized carbons (Fsp3) is 0.933. The van der Waals surface area contributed by atoms with Gasteiger partial charge in [0, 0.05) is 25.6 Å². The summed E-state index contributed by atoms with van der Waals surface area (Å²) in [5, 5.41) is 3.28. The first-order chi connectivity index (χ1) is 8.56. The van der Waals surface area contributed by atoms with Gasteiger partial charge < -0.3 is 10.2 Å². The van der Waals surface area contributed by atoms with Gasteiger partial charge in [0.1, 0.15) is 0 Å². The summed E-state index contributed by atoms with van der Waals surface area (Å²) in [5.41, 5.74) is 0.193. The lowest BCUT2D eigenvalue weighted by Gasteiger charge is -2.44. The van der Waals surface area contributed by atoms with Crippen LogP contribution < -0.4 is 5.32 Å². The van der Waals surface area contributed by atoms with Crippen molar-refractivity contribution in [2.75, 3.05) is 19.6 Å². The van der Waals surface area contributed by atoms with Gasteiger partial charge in [-0.2, -0.15) is 0 Å². The summed E-state index contributed by atoms with van der Waals surface area (Å²) in [5.74, 6) is 0.673. The van der Waals surface area contributed by atoms with Crippen molar-refractivity contribution in [2.45, 2.75) is 58.9 Å². The average molecular weight is 252 g/mol. The number of hydrogen-bond donors (Lipinski definition) is 1. The molecule has 0 bridgehead atoms. The third kappa shape index (κ3) is 2.71. The van der Waals surface area contributed by atoms with Crippen molar-refractivity contribution in [3.63, 3.8) is 0 Å². The van der Waals surface area contributed by atoms with E-state index in [4.69, 9.17) is 0 Å². The molecule has 104 valence electrons. The summed E-state index contributed by atoms with van der Waals surface area (Å²) in [7, 11) is 0. The Morgan fingerprint density at radius 2 is 2.06 bits per heavy atom. The SMILES string of the molecule is CCCN(C(=O)C1CCCCC1(C)C)C1CNC1. The predicted molar refractivity (Wildman–Crippen MR) is 74.4 cm³/mol. The van der Waals surface area contributed by atoms with Crippen molar-refractivity contribution in [1.29, 1.82) is 0 Å². The summed E-state index contributed by atoms with van der Waals surface area (Å²) in [6.07, 6.45) is 5.87. The molecule has 18 heavy (non-hydrogen) atoms. The summed E-state index contributed by atoms with van der Waals surface area (Å²) in [6.45, 7) is 9.61. The lowest BCUT2D eigenvalue weighted by molar-refractivity contribution is -0.144. The van der Waals surface area contributed by atoms with E-state index < -0.39 is 0 Å². The van der Waals surface area contributed by atoms with E-state index in [-0.39, 0.29) is 11.3 Å². The molecule has 1 heterocycles. The fourth-order valence-corrected chi connectivity index (χ4v) is 3.36. The maximum absolute atomic E-state index is 12.8. The van der Waals surface area contributed by atoms with Gasteiger partial charge in [0.15, 0.2) is 0 Å². The normalized spacial score (nSPS) is 27.6. The number of nitrogens with zero attached hydrogens (tertiary/aromatic N) is 1. The summed E-state index contributed by atoms with van der Waals surface area (Å²) >= 11 is 0. The fourth-order valence-electron chi connectivity index (χ4n) is 3.36. The van der Waals surface area contributed by atoms with Gasteiger partial charge in [0.2, 0.25) is 5.91 Å². The number of amides is 1. The molecular formula is C15H28N2O. The van der Waals surface area contributed by atoms with Gasteiger partial charge in [-0.25, -0.2) is 0 Å². The molecule has 0 radical (unpaired) electrons. The monoisotopic (exact) mass is 252 g/mol. The van der Waals surface area contributed by atoms with E-state index >= 15 is 0 Å². The molecule has 0 spiro atoms. The zero-order valence-corrected chi connectivity index (χ0v) is 12.2. The van der Waals surface area contributed by atoms with E-state index in [0.29, 0.717) is 11.9 Å². The molecule has 1 amide bonds. The van der Waals surface area contributed by atoms with Gasteiger partial charge in [-0.05, 0) is 24.7 Å². The number of carbonyl (C=O) groups is 1. The summed E-state index contributed by atoms with van der Waals surface area (Å²) < 4.78 is 0. The number of rotatable bonds is 4. The van der Waals surface area contributed by atoms with Crippen LogP contribution in [0.5, 0.6) is 0 Å². The third-order valence-electron chi connectivity index (χ3n) is 4.75. The minimum Gasteiger partial charge on any atom is -0.337 e. The van der Waals surface area contributed by atoms with Crippen molar-refractivity contribution in [3.05, 3.63) is 0 Å². The molecule has 0 aromatic carbocycles. The molecule has 3 heteroatoms. The Labute approximate surface area is 111 Å². The highest BCUT2D eigenvalue weighted by atomic mass is 16.2. The van der Waals surface area contributed by atoms with Crippen LogP contribution in [0.3, 0.4) is 0 Å². The molecule has 1 aliphatic carbocycles. The standard InChI is InChI=1S/C15H28N2O/c1-4-9-17(12-10-16-11-12)14(18)13-7-5-6-8-15(13,2)3/h12-13,16H,4-11H2,1-3H3. The first kappa shape index (κ1) is 13.9. The lowest BCUT2D eigenvalue weighted by atomic mass is 9.68. The Morgan fingerprint density at radius 1 is 1.33 bits per heavy atom. The number of carbonyl (C=O) groups excluding carboxylic acids is 1. The van der Waals surface area contributed by atoms with E-state index in [9.17, 15) is 4.79 Å². The molecule has 2 fully saturated rings. The molecule has 2 aliphatic rings. The van der Waals surface area contributed by atoms with E-state index in [1.54, 1.807) is 0 Å². The zero-order valence-electron chi connectivity index (χ0n) is 12.2. The molecule has 1 aliphatic heterocycles. The van der Waals surface area contributed by atoms with Crippen LogP contribution in [0, 0.1) is 11.3 Å². The van der Waals surface area contributed by atoms with Gasteiger partial charge in [-0.15, -0.1) is 0 Å². The molecule has 1 saturated carbocycles. The Kier molecular flexibility index (Phi) is 4.31. The minimum absolute atomic E-state index is 0.193. The van der Waals surface area contributed by atoms with Crippen molar-refractivity contribution >= 4 is 5.91 Å². The Morgan fingerprint density at radius 3 is 2.56 bits per heavy atom. The van der Waals surface area contributed by atoms with Crippen LogP contribution in [0.4, 0.5) is 0 Å². The number of nitrogens with one attached hydrogen (secondary N) is 1. The van der Waals surface area contributed by atoms with Crippen molar-refractivity contribution < 1.29 is 4.79 Å². The highest BCUT2D eigenvalue weighted by molar-refractivity contribution is 5.80. The van der Waals surface area contributed by atoms with Crippen LogP contribution in [0.15, 0.2) is 0 Å². The molecule has 1 N–H and O–H groups in total. The summed E-state index contributed by atoms with van der Waals surface area (Å²) in [4.78, 5) is 15.0. The van der Waals surface area contributed by atoms with E-state index in [1.165, 1.54) is 19.3 Å². The van der Waals surface area contributed by atoms with Crippen LogP contribution in [-0.4, -0.2) is 36.5 Å². The van der Waals surface area contributed by atoms with Crippen LogP contribution in [0.25, 0.3) is 0 Å². The molecule has 1 atom stereocenters. The second kappa shape index (κ2) is 5.60. The van der Waals surface area contributed by atoms with Crippen molar-refractivity contribution in [1.82, 2.24) is 10.2 Å². The first-order valence-electron chi connectivity index (χ1n) is 7.57. The van der Waals surface area contributed by atoms with Gasteiger partial charge in [0.05, 0.1) is 6.04 Å². The molecule has 1 unspecified atom stereocenters. The molecule has 2 rings (SSSR count). The van der Waals surface area contributed by atoms with Crippen LogP contribution in [0.2, 0.25) is 0 Å². The van der Waals surface area contributed by atoms with E-state index in [2.05, 4.69) is 31.0 Å². The highest BCUT2D eigenvalue weighted by Crippen LogP contribution is 2.41. The van der Waals surface area contributed by atoms with Crippen molar-refractivity contribution in [3.8, 4) is 0 Å². The zero-order chi connectivity index (χ0) is 13.2. The highest BCUT2D eigenvalue weighted by Gasteiger charge is 2.41. The average Bonchev–Trinajstić information content (AvgIpc) is 2.24. The smallest absolute Gasteiger partial charge is 0.226 e. The molecule has 1 saturated heterocycles. The predicted octanol–water partition coefficient (Wildman–Crippen LogP) is 2.41. The second-order valence-electron chi connectivity index (χ2n) is 6.63. The van der Waals surface area contributed by atoms with Crippen LogP contribution in [-0.2, 0) is 4.79 Å². The van der Waals surface area contributed by atoms with Gasteiger partial charge in [0.25, 0.3) is 0 Å². The van der Waals surface area contributed by atoms with Gasteiger partial charge in [-0.1, -0.05) is 33.6 Å². The summed E-state index contributed by atoms with van der Waals surface area (Å²) in [6, 6.07) is 0.454.